The van der Waals surface area contributed by atoms with Crippen LogP contribution in [0.2, 0.25) is 0 Å². The van der Waals surface area contributed by atoms with Crippen molar-refractivity contribution in [3.63, 3.8) is 0 Å². The van der Waals surface area contributed by atoms with Gasteiger partial charge in [0.1, 0.15) is 6.42 Å². The molecule has 0 saturated carbocycles. The second kappa shape index (κ2) is 5.89. The average molecular weight is 304 g/mol. The third-order valence-corrected chi connectivity index (χ3v) is 2.36. The Bertz CT molecular complexity index is 235. The van der Waals surface area contributed by atoms with Crippen LogP contribution in [0.4, 0.5) is 13.2 Å². The molecule has 0 rings (SSSR count). The zero-order valence-electron chi connectivity index (χ0n) is 9.62. The molecule has 0 aromatic heterocycles. The lowest BCUT2D eigenvalue weighted by atomic mass is 9.90. The summed E-state index contributed by atoms with van der Waals surface area (Å²) in [6, 6.07) is 0. The van der Waals surface area contributed by atoms with Crippen molar-refractivity contribution >= 4 is 21.8 Å². The molecule has 1 unspecified atom stereocenters. The van der Waals surface area contributed by atoms with E-state index in [1.54, 1.807) is 0 Å². The predicted octanol–water partition coefficient (Wildman–Crippen LogP) is 3.25. The second-order valence-electron chi connectivity index (χ2n) is 4.96. The molecule has 0 aromatic carbocycles. The molecule has 0 fully saturated rings. The van der Waals surface area contributed by atoms with Gasteiger partial charge >= 0.3 is 6.18 Å². The molecule has 0 aliphatic rings. The highest BCUT2D eigenvalue weighted by molar-refractivity contribution is 9.09. The first-order chi connectivity index (χ1) is 6.99. The molecular weight excluding hydrogens is 287 g/mol. The summed E-state index contributed by atoms with van der Waals surface area (Å²) < 4.78 is 35.5. The normalized spacial score (nSPS) is 14.7. The van der Waals surface area contributed by atoms with Crippen molar-refractivity contribution in [1.82, 2.24) is 5.32 Å². The van der Waals surface area contributed by atoms with Crippen LogP contribution in [0.1, 0.15) is 33.6 Å². The Kier molecular flexibility index (Phi) is 5.79. The molecule has 1 N–H and O–H groups in total. The molecule has 0 aliphatic heterocycles. The van der Waals surface area contributed by atoms with Crippen LogP contribution < -0.4 is 5.32 Å². The van der Waals surface area contributed by atoms with Crippen LogP contribution in [-0.2, 0) is 4.79 Å². The van der Waals surface area contributed by atoms with Crippen LogP contribution in [0.25, 0.3) is 0 Å². The van der Waals surface area contributed by atoms with Crippen molar-refractivity contribution in [2.75, 3.05) is 6.54 Å². The lowest BCUT2D eigenvalue weighted by molar-refractivity contribution is -0.153. The van der Waals surface area contributed by atoms with Crippen LogP contribution in [0, 0.1) is 5.41 Å². The molecule has 1 amide bonds. The molecule has 0 spiro atoms. The molecule has 0 radical (unpaired) electrons. The summed E-state index contributed by atoms with van der Waals surface area (Å²) in [5.74, 6) is -0.981. The minimum absolute atomic E-state index is 0.00955. The lowest BCUT2D eigenvalue weighted by Crippen LogP contribution is -2.34. The van der Waals surface area contributed by atoms with Gasteiger partial charge in [-0.1, -0.05) is 36.7 Å². The number of halogens is 4. The highest BCUT2D eigenvalue weighted by Gasteiger charge is 2.31. The van der Waals surface area contributed by atoms with Gasteiger partial charge < -0.3 is 5.32 Å². The standard InChI is InChI=1S/C10H17BrF3NO/c1-9(2,3)4-7(11)6-15-8(16)5-10(12,13)14/h7H,4-6H2,1-3H3,(H,15,16). The Balaban J connectivity index is 3.85. The van der Waals surface area contributed by atoms with E-state index >= 15 is 0 Å². The van der Waals surface area contributed by atoms with E-state index in [-0.39, 0.29) is 16.8 Å². The van der Waals surface area contributed by atoms with Crippen LogP contribution >= 0.6 is 15.9 Å². The molecule has 0 aliphatic carbocycles. The Hall–Kier alpha value is -0.260. The quantitative estimate of drug-likeness (QED) is 0.794. The van der Waals surface area contributed by atoms with E-state index in [0.29, 0.717) is 0 Å². The van der Waals surface area contributed by atoms with E-state index in [9.17, 15) is 18.0 Å². The average Bonchev–Trinajstić information content (AvgIpc) is 1.94. The van der Waals surface area contributed by atoms with Gasteiger partial charge in [-0.15, -0.1) is 0 Å². The number of amides is 1. The van der Waals surface area contributed by atoms with E-state index in [1.807, 2.05) is 20.8 Å². The molecule has 0 bridgehead atoms. The van der Waals surface area contributed by atoms with E-state index in [4.69, 9.17) is 0 Å². The van der Waals surface area contributed by atoms with Gasteiger partial charge in [-0.25, -0.2) is 0 Å². The molecule has 16 heavy (non-hydrogen) atoms. The maximum atomic E-state index is 11.8. The van der Waals surface area contributed by atoms with Crippen molar-refractivity contribution in [2.24, 2.45) is 5.41 Å². The number of rotatable bonds is 4. The van der Waals surface area contributed by atoms with Gasteiger partial charge in [0, 0.05) is 11.4 Å². The summed E-state index contributed by atoms with van der Waals surface area (Å²) in [5.41, 5.74) is 0.0723. The molecule has 6 heteroatoms. The highest BCUT2D eigenvalue weighted by atomic mass is 79.9. The molecular formula is C10H17BrF3NO. The van der Waals surface area contributed by atoms with Crippen LogP contribution in [0.3, 0.4) is 0 Å². The summed E-state index contributed by atoms with van der Waals surface area (Å²) >= 11 is 3.33. The van der Waals surface area contributed by atoms with Gasteiger partial charge in [0.05, 0.1) is 0 Å². The topological polar surface area (TPSA) is 29.1 Å². The predicted molar refractivity (Wildman–Crippen MR) is 60.5 cm³/mol. The maximum Gasteiger partial charge on any atom is 0.397 e. The fourth-order valence-electron chi connectivity index (χ4n) is 1.21. The highest BCUT2D eigenvalue weighted by Crippen LogP contribution is 2.24. The van der Waals surface area contributed by atoms with Gasteiger partial charge in [-0.05, 0) is 11.8 Å². The smallest absolute Gasteiger partial charge is 0.355 e. The monoisotopic (exact) mass is 303 g/mol. The summed E-state index contributed by atoms with van der Waals surface area (Å²) in [5, 5.41) is 2.26. The first-order valence-corrected chi connectivity index (χ1v) is 5.89. The van der Waals surface area contributed by atoms with Gasteiger partial charge in [-0.3, -0.25) is 4.79 Å². The zero-order chi connectivity index (χ0) is 13.0. The molecule has 1 atom stereocenters. The van der Waals surface area contributed by atoms with Crippen molar-refractivity contribution in [3.8, 4) is 0 Å². The first-order valence-electron chi connectivity index (χ1n) is 4.97. The van der Waals surface area contributed by atoms with Crippen molar-refractivity contribution in [3.05, 3.63) is 0 Å². The van der Waals surface area contributed by atoms with Gasteiger partial charge in [-0.2, -0.15) is 13.2 Å². The number of carbonyl (C=O) groups excluding carboxylic acids is 1. The SMILES string of the molecule is CC(C)(C)CC(Br)CNC(=O)CC(F)(F)F. The number of hydrogen-bond acceptors (Lipinski definition) is 1. The Morgan fingerprint density at radius 1 is 1.31 bits per heavy atom. The molecule has 0 heterocycles. The molecule has 2 nitrogen and oxygen atoms in total. The fraction of sp³-hybridized carbons (Fsp3) is 0.900. The minimum Gasteiger partial charge on any atom is -0.355 e. The van der Waals surface area contributed by atoms with Crippen molar-refractivity contribution < 1.29 is 18.0 Å². The molecule has 0 saturated heterocycles. The first kappa shape index (κ1) is 15.7. The second-order valence-corrected chi connectivity index (χ2v) is 6.25. The van der Waals surface area contributed by atoms with Gasteiger partial charge in [0.15, 0.2) is 0 Å². The third-order valence-electron chi connectivity index (χ3n) is 1.72. The maximum absolute atomic E-state index is 11.8. The Morgan fingerprint density at radius 3 is 2.19 bits per heavy atom. The summed E-state index contributed by atoms with van der Waals surface area (Å²) in [6.45, 7) is 6.29. The lowest BCUT2D eigenvalue weighted by Gasteiger charge is -2.22. The third kappa shape index (κ3) is 10.3. The van der Waals surface area contributed by atoms with Gasteiger partial charge in [0.2, 0.25) is 5.91 Å². The van der Waals surface area contributed by atoms with E-state index in [1.165, 1.54) is 0 Å². The van der Waals surface area contributed by atoms with Gasteiger partial charge in [0.25, 0.3) is 0 Å². The minimum atomic E-state index is -4.43. The largest absolute Gasteiger partial charge is 0.397 e. The van der Waals surface area contributed by atoms with Crippen molar-refractivity contribution in [2.45, 2.75) is 44.6 Å². The Morgan fingerprint density at radius 2 is 1.81 bits per heavy atom. The van der Waals surface area contributed by atoms with E-state index < -0.39 is 18.5 Å². The Labute approximate surface area is 102 Å². The number of nitrogens with one attached hydrogen (secondary N) is 1. The van der Waals surface area contributed by atoms with Crippen LogP contribution in [-0.4, -0.2) is 23.5 Å². The summed E-state index contributed by atoms with van der Waals surface area (Å²) in [7, 11) is 0. The van der Waals surface area contributed by atoms with E-state index in [2.05, 4.69) is 21.2 Å². The van der Waals surface area contributed by atoms with Crippen LogP contribution in [0.5, 0.6) is 0 Å². The van der Waals surface area contributed by atoms with Crippen LogP contribution in [0.15, 0.2) is 0 Å². The zero-order valence-corrected chi connectivity index (χ0v) is 11.2. The fourth-order valence-corrected chi connectivity index (χ4v) is 2.34. The molecule has 96 valence electrons. The number of alkyl halides is 4. The summed E-state index contributed by atoms with van der Waals surface area (Å²) in [4.78, 5) is 10.9. The van der Waals surface area contributed by atoms with E-state index in [0.717, 1.165) is 6.42 Å². The summed E-state index contributed by atoms with van der Waals surface area (Å²) in [6.07, 6.45) is -5.07. The number of hydrogen-bond donors (Lipinski definition) is 1. The number of carbonyl (C=O) groups is 1. The molecule has 0 aromatic rings. The van der Waals surface area contributed by atoms with Crippen molar-refractivity contribution in [1.29, 1.82) is 0 Å².